The first-order chi connectivity index (χ1) is 11.1. The largest absolute Gasteiger partial charge is 0.495 e. The lowest BCUT2D eigenvalue weighted by atomic mass is 9.79. The topological polar surface area (TPSA) is 71.1 Å². The summed E-state index contributed by atoms with van der Waals surface area (Å²) in [4.78, 5) is 24.0. The number of rotatable bonds is 6. The highest BCUT2D eigenvalue weighted by Gasteiger charge is 2.49. The Morgan fingerprint density at radius 3 is 1.96 bits per heavy atom. The van der Waals surface area contributed by atoms with Crippen molar-refractivity contribution in [3.8, 4) is 0 Å². The number of hydrogen-bond donors (Lipinski definition) is 0. The van der Waals surface area contributed by atoms with Gasteiger partial charge in [-0.1, -0.05) is 36.9 Å². The first-order valence-corrected chi connectivity index (χ1v) is 7.47. The second-order valence-electron chi connectivity index (χ2n) is 4.82. The predicted octanol–water partition coefficient (Wildman–Crippen LogP) is 0.935. The van der Waals surface area contributed by atoms with Gasteiger partial charge in [-0.3, -0.25) is 0 Å². The molecule has 0 spiro atoms. The molecule has 0 radical (unpaired) electrons. The monoisotopic (exact) mass is 318 g/mol. The maximum atomic E-state index is 12.0. The highest BCUT2D eigenvalue weighted by Crippen LogP contribution is 2.20. The highest BCUT2D eigenvalue weighted by molar-refractivity contribution is 6.62. The molecule has 23 heavy (non-hydrogen) atoms. The van der Waals surface area contributed by atoms with Crippen molar-refractivity contribution in [1.82, 2.24) is 0 Å². The second kappa shape index (κ2) is 7.94. The molecular weight excluding hydrogens is 299 g/mol. The minimum Gasteiger partial charge on any atom is -0.464 e. The van der Waals surface area contributed by atoms with Crippen LogP contribution in [0, 0.1) is 0 Å². The van der Waals surface area contributed by atoms with E-state index in [9.17, 15) is 9.59 Å². The van der Waals surface area contributed by atoms with Crippen LogP contribution in [-0.2, 0) is 28.4 Å². The van der Waals surface area contributed by atoms with E-state index in [2.05, 4.69) is 6.58 Å². The van der Waals surface area contributed by atoms with Gasteiger partial charge < -0.3 is 18.8 Å². The van der Waals surface area contributed by atoms with Crippen LogP contribution in [0.5, 0.6) is 0 Å². The maximum absolute atomic E-state index is 12.0. The number of carbonyl (C=O) groups excluding carboxylic acids is 2. The van der Waals surface area contributed by atoms with E-state index in [-0.39, 0.29) is 13.2 Å². The van der Waals surface area contributed by atoms with Crippen molar-refractivity contribution in [3.05, 3.63) is 36.4 Å². The Morgan fingerprint density at radius 1 is 1.09 bits per heavy atom. The van der Waals surface area contributed by atoms with Gasteiger partial charge >= 0.3 is 19.1 Å². The van der Waals surface area contributed by atoms with Crippen molar-refractivity contribution >= 4 is 30.6 Å². The Bertz CT molecular complexity index is 544. The van der Waals surface area contributed by atoms with Crippen LogP contribution >= 0.6 is 0 Å². The van der Waals surface area contributed by atoms with Gasteiger partial charge in [-0.25, -0.2) is 9.59 Å². The number of carbonyl (C=O) groups is 2. The summed E-state index contributed by atoms with van der Waals surface area (Å²) in [6, 6.07) is 7.26. The summed E-state index contributed by atoms with van der Waals surface area (Å²) < 4.78 is 21.1. The number of benzene rings is 1. The van der Waals surface area contributed by atoms with Crippen molar-refractivity contribution in [3.63, 3.8) is 0 Å². The lowest BCUT2D eigenvalue weighted by molar-refractivity contribution is -0.163. The molecule has 1 saturated heterocycles. The molecule has 2 atom stereocenters. The molecule has 0 N–H and O–H groups in total. The summed E-state index contributed by atoms with van der Waals surface area (Å²) in [5.41, 5.74) is 1.63. The van der Waals surface area contributed by atoms with E-state index in [1.54, 1.807) is 32.1 Å². The van der Waals surface area contributed by atoms with E-state index >= 15 is 0 Å². The molecule has 0 aliphatic carbocycles. The van der Waals surface area contributed by atoms with Crippen molar-refractivity contribution in [1.29, 1.82) is 0 Å². The van der Waals surface area contributed by atoms with Crippen LogP contribution in [0.3, 0.4) is 0 Å². The van der Waals surface area contributed by atoms with Crippen molar-refractivity contribution < 1.29 is 28.4 Å². The van der Waals surface area contributed by atoms with Gasteiger partial charge in [-0.2, -0.15) is 0 Å². The molecule has 0 bridgehead atoms. The van der Waals surface area contributed by atoms with Crippen LogP contribution in [0.1, 0.15) is 19.4 Å². The third-order valence-corrected chi connectivity index (χ3v) is 3.30. The Balaban J connectivity index is 2.18. The first kappa shape index (κ1) is 17.2. The molecule has 122 valence electrons. The van der Waals surface area contributed by atoms with Crippen molar-refractivity contribution in [2.24, 2.45) is 0 Å². The number of hydrogen-bond acceptors (Lipinski definition) is 6. The fourth-order valence-corrected chi connectivity index (χ4v) is 2.19. The summed E-state index contributed by atoms with van der Waals surface area (Å²) in [5.74, 6) is -1.29. The Morgan fingerprint density at radius 2 is 1.57 bits per heavy atom. The Labute approximate surface area is 135 Å². The van der Waals surface area contributed by atoms with Crippen molar-refractivity contribution in [2.75, 3.05) is 13.2 Å². The fraction of sp³-hybridized carbons (Fsp3) is 0.375. The summed E-state index contributed by atoms with van der Waals surface area (Å²) in [6.07, 6.45) is -0.570. The van der Waals surface area contributed by atoms with Gasteiger partial charge in [-0.05, 0) is 24.9 Å². The molecule has 1 heterocycles. The zero-order chi connectivity index (χ0) is 16.8. The van der Waals surface area contributed by atoms with E-state index in [1.165, 1.54) is 0 Å². The van der Waals surface area contributed by atoms with Gasteiger partial charge in [0.15, 0.2) is 12.2 Å². The van der Waals surface area contributed by atoms with Crippen LogP contribution < -0.4 is 5.46 Å². The van der Waals surface area contributed by atoms with Crippen LogP contribution in [0.15, 0.2) is 30.8 Å². The van der Waals surface area contributed by atoms with E-state index in [4.69, 9.17) is 18.8 Å². The van der Waals surface area contributed by atoms with Gasteiger partial charge in [0, 0.05) is 0 Å². The lowest BCUT2D eigenvalue weighted by Crippen LogP contribution is -2.39. The summed E-state index contributed by atoms with van der Waals surface area (Å²) in [7, 11) is -0.835. The average Bonchev–Trinajstić information content (AvgIpc) is 3.01. The minimum atomic E-state index is -1.14. The second-order valence-corrected chi connectivity index (χ2v) is 4.82. The summed E-state index contributed by atoms with van der Waals surface area (Å²) >= 11 is 0. The zero-order valence-corrected chi connectivity index (χ0v) is 13.2. The van der Waals surface area contributed by atoms with Gasteiger partial charge in [0.1, 0.15) is 0 Å². The quantitative estimate of drug-likeness (QED) is 0.574. The molecule has 6 nitrogen and oxygen atoms in total. The Kier molecular flexibility index (Phi) is 5.95. The molecule has 1 aliphatic rings. The SMILES string of the molecule is C=Cc1ccc(B2O[C@@H](C(=O)OCC)[C@H](C(=O)OCC)O2)cc1. The van der Waals surface area contributed by atoms with Crippen LogP contribution in [0.25, 0.3) is 6.08 Å². The van der Waals surface area contributed by atoms with E-state index < -0.39 is 31.3 Å². The molecule has 1 aliphatic heterocycles. The Hall–Kier alpha value is -2.12. The number of esters is 2. The fourth-order valence-electron chi connectivity index (χ4n) is 2.19. The highest BCUT2D eigenvalue weighted by atomic mass is 16.7. The van der Waals surface area contributed by atoms with Gasteiger partial charge in [0.2, 0.25) is 0 Å². The molecule has 1 aromatic rings. The minimum absolute atomic E-state index is 0.187. The van der Waals surface area contributed by atoms with E-state index in [0.717, 1.165) is 5.56 Å². The number of ether oxygens (including phenoxy) is 2. The maximum Gasteiger partial charge on any atom is 0.495 e. The third kappa shape index (κ3) is 4.00. The van der Waals surface area contributed by atoms with Gasteiger partial charge in [0.25, 0.3) is 0 Å². The van der Waals surface area contributed by atoms with Crippen molar-refractivity contribution in [2.45, 2.75) is 26.1 Å². The first-order valence-electron chi connectivity index (χ1n) is 7.47. The molecule has 1 fully saturated rings. The molecule has 0 aromatic heterocycles. The van der Waals surface area contributed by atoms with Crippen LogP contribution in [0.4, 0.5) is 0 Å². The molecule has 7 heteroatoms. The smallest absolute Gasteiger partial charge is 0.464 e. The summed E-state index contributed by atoms with van der Waals surface area (Å²) in [5, 5.41) is 0. The molecule has 2 rings (SSSR count). The zero-order valence-electron chi connectivity index (χ0n) is 13.2. The predicted molar refractivity (Wildman–Crippen MR) is 84.9 cm³/mol. The third-order valence-electron chi connectivity index (χ3n) is 3.30. The molecule has 1 aromatic carbocycles. The molecular formula is C16H19BO6. The van der Waals surface area contributed by atoms with Crippen LogP contribution in [0.2, 0.25) is 0 Å². The standard InChI is InChI=1S/C16H19BO6/c1-4-11-7-9-12(10-8-11)17-22-13(15(18)20-5-2)14(23-17)16(19)21-6-3/h4,7-10,13-14H,1,5-6H2,2-3H3/t13-,14-/m1/s1. The lowest BCUT2D eigenvalue weighted by Gasteiger charge is -2.15. The van der Waals surface area contributed by atoms with Gasteiger partial charge in [-0.15, -0.1) is 0 Å². The molecule has 0 amide bonds. The van der Waals surface area contributed by atoms with Gasteiger partial charge in [0.05, 0.1) is 13.2 Å². The molecule has 0 saturated carbocycles. The summed E-state index contributed by atoms with van der Waals surface area (Å²) in [6.45, 7) is 7.42. The van der Waals surface area contributed by atoms with Crippen LogP contribution in [-0.4, -0.2) is 44.5 Å². The van der Waals surface area contributed by atoms with E-state index in [0.29, 0.717) is 5.46 Å². The average molecular weight is 318 g/mol. The molecule has 0 unspecified atom stereocenters. The van der Waals surface area contributed by atoms with E-state index in [1.807, 2.05) is 12.1 Å². The normalized spacial score (nSPS) is 20.2.